The van der Waals surface area contributed by atoms with Crippen molar-refractivity contribution in [3.05, 3.63) is 93.5 Å². The van der Waals surface area contributed by atoms with Gasteiger partial charge in [0.05, 0.1) is 33.3 Å². The van der Waals surface area contributed by atoms with Crippen LogP contribution in [0.5, 0.6) is 0 Å². The van der Waals surface area contributed by atoms with Gasteiger partial charge < -0.3 is 9.88 Å². The second-order valence-electron chi connectivity index (χ2n) is 7.13. The van der Waals surface area contributed by atoms with Crippen molar-refractivity contribution in [1.82, 2.24) is 19.9 Å². The zero-order valence-corrected chi connectivity index (χ0v) is 17.9. The second-order valence-corrected chi connectivity index (χ2v) is 7.95. The van der Waals surface area contributed by atoms with Gasteiger partial charge in [-0.2, -0.15) is 0 Å². The average molecular weight is 439 g/mol. The fourth-order valence-electron chi connectivity index (χ4n) is 3.38. The van der Waals surface area contributed by atoms with E-state index in [4.69, 9.17) is 28.2 Å². The van der Waals surface area contributed by atoms with Crippen LogP contribution in [0.4, 0.5) is 0 Å². The molecule has 2 aromatic heterocycles. The summed E-state index contributed by atoms with van der Waals surface area (Å²) in [7, 11) is 0. The molecule has 2 aromatic carbocycles. The molecule has 152 valence electrons. The molecule has 0 aliphatic carbocycles. The number of pyridine rings is 1. The molecule has 5 nitrogen and oxygen atoms in total. The maximum Gasteiger partial charge on any atom is 0.240 e. The van der Waals surface area contributed by atoms with Crippen molar-refractivity contribution in [2.24, 2.45) is 0 Å². The van der Waals surface area contributed by atoms with Crippen LogP contribution in [-0.4, -0.2) is 20.4 Å². The summed E-state index contributed by atoms with van der Waals surface area (Å²) in [6.07, 6.45) is 2.30. The van der Waals surface area contributed by atoms with Crippen LogP contribution in [-0.2, 0) is 24.3 Å². The van der Waals surface area contributed by atoms with Crippen LogP contribution in [0.3, 0.4) is 0 Å². The van der Waals surface area contributed by atoms with Gasteiger partial charge in [0.1, 0.15) is 12.4 Å². The number of hydrogen-bond donors (Lipinski definition) is 1. The Kier molecular flexibility index (Phi) is 6.02. The molecule has 1 N–H and O–H groups in total. The minimum Gasteiger partial charge on any atom is -0.349 e. The molecule has 4 rings (SSSR count). The first-order valence-electron chi connectivity index (χ1n) is 9.56. The number of nitrogens with zero attached hydrogens (tertiary/aromatic N) is 3. The van der Waals surface area contributed by atoms with Crippen LogP contribution in [0.1, 0.15) is 22.6 Å². The number of hydrogen-bond acceptors (Lipinski definition) is 3. The Balaban J connectivity index is 1.63. The molecule has 2 heterocycles. The zero-order chi connectivity index (χ0) is 21.1. The first-order chi connectivity index (χ1) is 14.5. The van der Waals surface area contributed by atoms with Gasteiger partial charge in [-0.15, -0.1) is 0 Å². The lowest BCUT2D eigenvalue weighted by molar-refractivity contribution is -0.121. The Bertz CT molecular complexity index is 1200. The number of rotatable bonds is 6. The molecular formula is C23H20Cl2N4O. The van der Waals surface area contributed by atoms with Crippen molar-refractivity contribution in [3.63, 3.8) is 0 Å². The summed E-state index contributed by atoms with van der Waals surface area (Å²) in [5, 5.41) is 3.79. The highest BCUT2D eigenvalue weighted by Gasteiger charge is 2.16. The maximum absolute atomic E-state index is 12.7. The number of aromatic nitrogens is 3. The van der Waals surface area contributed by atoms with Gasteiger partial charge in [-0.25, -0.2) is 4.98 Å². The molecule has 0 unspecified atom stereocenters. The van der Waals surface area contributed by atoms with E-state index in [1.807, 2.05) is 28.8 Å². The highest BCUT2D eigenvalue weighted by atomic mass is 35.5. The molecule has 0 aliphatic heterocycles. The Morgan fingerprint density at radius 3 is 2.67 bits per heavy atom. The summed E-state index contributed by atoms with van der Waals surface area (Å²) in [6.45, 7) is 2.55. The lowest BCUT2D eigenvalue weighted by Crippen LogP contribution is -2.28. The van der Waals surface area contributed by atoms with E-state index in [1.165, 1.54) is 5.56 Å². The van der Waals surface area contributed by atoms with E-state index in [-0.39, 0.29) is 12.5 Å². The van der Waals surface area contributed by atoms with Crippen molar-refractivity contribution in [2.75, 3.05) is 0 Å². The summed E-state index contributed by atoms with van der Waals surface area (Å²) >= 11 is 12.4. The third kappa shape index (κ3) is 4.64. The van der Waals surface area contributed by atoms with Gasteiger partial charge in [-0.1, -0.05) is 59.1 Å². The van der Waals surface area contributed by atoms with Crippen molar-refractivity contribution in [3.8, 4) is 0 Å². The third-order valence-corrected chi connectivity index (χ3v) is 5.53. The molecule has 0 bridgehead atoms. The highest BCUT2D eigenvalue weighted by Crippen LogP contribution is 2.29. The number of amides is 1. The van der Waals surface area contributed by atoms with Crippen molar-refractivity contribution < 1.29 is 4.79 Å². The third-order valence-electron chi connectivity index (χ3n) is 4.81. The van der Waals surface area contributed by atoms with Gasteiger partial charge in [0.25, 0.3) is 0 Å². The number of fused-ring (bicyclic) bond motifs is 1. The van der Waals surface area contributed by atoms with Gasteiger partial charge in [0.15, 0.2) is 0 Å². The Morgan fingerprint density at radius 2 is 1.90 bits per heavy atom. The van der Waals surface area contributed by atoms with Crippen LogP contribution < -0.4 is 5.32 Å². The van der Waals surface area contributed by atoms with Gasteiger partial charge in [0, 0.05) is 12.6 Å². The van der Waals surface area contributed by atoms with E-state index in [0.717, 1.165) is 22.6 Å². The van der Waals surface area contributed by atoms with Gasteiger partial charge in [0.2, 0.25) is 5.91 Å². The van der Waals surface area contributed by atoms with E-state index in [9.17, 15) is 4.79 Å². The lowest BCUT2D eigenvalue weighted by atomic mass is 10.1. The molecule has 0 spiro atoms. The number of carbonyl (C=O) groups excluding carboxylic acids is 1. The van der Waals surface area contributed by atoms with E-state index < -0.39 is 0 Å². The monoisotopic (exact) mass is 438 g/mol. The summed E-state index contributed by atoms with van der Waals surface area (Å²) in [5.41, 5.74) is 4.59. The largest absolute Gasteiger partial charge is 0.349 e. The van der Waals surface area contributed by atoms with Crippen molar-refractivity contribution >= 4 is 40.1 Å². The maximum atomic E-state index is 12.7. The average Bonchev–Trinajstić information content (AvgIpc) is 3.03. The van der Waals surface area contributed by atoms with Crippen molar-refractivity contribution in [2.45, 2.75) is 26.4 Å². The molecule has 0 fully saturated rings. The molecule has 4 aromatic rings. The smallest absolute Gasteiger partial charge is 0.240 e. The fraction of sp³-hybridized carbons (Fsp3) is 0.174. The summed E-state index contributed by atoms with van der Waals surface area (Å²) in [6, 6.07) is 17.3. The lowest BCUT2D eigenvalue weighted by Gasteiger charge is -2.11. The summed E-state index contributed by atoms with van der Waals surface area (Å²) < 4.78 is 1.90. The predicted octanol–water partition coefficient (Wildman–Crippen LogP) is 4.95. The van der Waals surface area contributed by atoms with Gasteiger partial charge in [-0.3, -0.25) is 9.78 Å². The first kappa shape index (κ1) is 20.4. The second kappa shape index (κ2) is 8.86. The highest BCUT2D eigenvalue weighted by molar-refractivity contribution is 6.42. The summed E-state index contributed by atoms with van der Waals surface area (Å²) in [4.78, 5) is 21.7. The summed E-state index contributed by atoms with van der Waals surface area (Å²) in [5.74, 6) is 0.651. The van der Waals surface area contributed by atoms with Crippen LogP contribution in [0.15, 0.2) is 60.8 Å². The first-order valence-corrected chi connectivity index (χ1v) is 10.3. The topological polar surface area (TPSA) is 59.8 Å². The Labute approximate surface area is 184 Å². The molecule has 0 atom stereocenters. The number of benzene rings is 2. The molecular weight excluding hydrogens is 419 g/mol. The van der Waals surface area contributed by atoms with Gasteiger partial charge in [-0.05, 0) is 36.8 Å². The van der Waals surface area contributed by atoms with Crippen LogP contribution in [0.2, 0.25) is 10.0 Å². The molecule has 30 heavy (non-hydrogen) atoms. The van der Waals surface area contributed by atoms with E-state index in [1.54, 1.807) is 18.3 Å². The van der Waals surface area contributed by atoms with Crippen LogP contribution >= 0.6 is 23.2 Å². The SMILES string of the molecule is Cc1cccc(Cc2nc3cc(Cl)c(Cl)cc3n2CC(=O)NCc2ccccn2)c1. The number of carbonyl (C=O) groups is 1. The molecule has 7 heteroatoms. The zero-order valence-electron chi connectivity index (χ0n) is 16.4. The fourth-order valence-corrected chi connectivity index (χ4v) is 3.69. The minimum absolute atomic E-state index is 0.127. The normalized spacial score (nSPS) is 11.0. The van der Waals surface area contributed by atoms with E-state index in [0.29, 0.717) is 28.5 Å². The quantitative estimate of drug-likeness (QED) is 0.462. The minimum atomic E-state index is -0.128. The predicted molar refractivity (Wildman–Crippen MR) is 120 cm³/mol. The molecule has 0 aliphatic rings. The molecule has 0 saturated carbocycles. The number of imidazole rings is 1. The number of nitrogens with one attached hydrogen (secondary N) is 1. The number of aryl methyl sites for hydroxylation is 1. The molecule has 0 radical (unpaired) electrons. The van der Waals surface area contributed by atoms with Crippen LogP contribution in [0, 0.1) is 6.92 Å². The van der Waals surface area contributed by atoms with Crippen molar-refractivity contribution in [1.29, 1.82) is 0 Å². The number of halogens is 2. The molecule has 0 saturated heterocycles. The Hall–Kier alpha value is -2.89. The van der Waals surface area contributed by atoms with Gasteiger partial charge >= 0.3 is 0 Å². The Morgan fingerprint density at radius 1 is 1.07 bits per heavy atom. The standard InChI is InChI=1S/C23H20Cl2N4O/c1-15-5-4-6-16(9-15)10-22-28-20-11-18(24)19(25)12-21(20)29(22)14-23(30)27-13-17-7-2-3-8-26-17/h2-9,11-12H,10,13-14H2,1H3,(H,27,30). The van der Waals surface area contributed by atoms with Crippen LogP contribution in [0.25, 0.3) is 11.0 Å². The molecule has 1 amide bonds. The van der Waals surface area contributed by atoms with E-state index in [2.05, 4.69) is 35.4 Å². The van der Waals surface area contributed by atoms with E-state index >= 15 is 0 Å².